The molecule has 0 saturated heterocycles. The van der Waals surface area contributed by atoms with Gasteiger partial charge in [0.1, 0.15) is 5.75 Å². The molecule has 35 heavy (non-hydrogen) atoms. The summed E-state index contributed by atoms with van der Waals surface area (Å²) >= 11 is 0. The summed E-state index contributed by atoms with van der Waals surface area (Å²) in [6.07, 6.45) is 7.85. The fourth-order valence-corrected chi connectivity index (χ4v) is 5.56. The van der Waals surface area contributed by atoms with Crippen LogP contribution < -0.4 is 10.1 Å². The van der Waals surface area contributed by atoms with E-state index in [4.69, 9.17) is 20.1 Å². The zero-order valence-electron chi connectivity index (χ0n) is 21.1. The average Bonchev–Trinajstić information content (AvgIpc) is 3.14. The molecular formula is C27H46NO7+. The second-order valence-electron chi connectivity index (χ2n) is 9.92. The molecule has 1 aromatic rings. The Hall–Kier alpha value is -1.71. The maximum atomic E-state index is 10.8. The van der Waals surface area contributed by atoms with Crippen LogP contribution in [0.5, 0.6) is 5.75 Å². The molecule has 8 nitrogen and oxygen atoms in total. The highest BCUT2D eigenvalue weighted by Crippen LogP contribution is 2.48. The summed E-state index contributed by atoms with van der Waals surface area (Å²) in [5.74, 6) is 0.768. The van der Waals surface area contributed by atoms with Crippen LogP contribution in [0.2, 0.25) is 0 Å². The summed E-state index contributed by atoms with van der Waals surface area (Å²) in [5.41, 5.74) is 2.32. The molecule has 1 fully saturated rings. The SMILES string of the molecule is CCCCC[C@H](O)CC[C@@H]1[C@H]2Cc3cccc(OCC(=O)O)c3C[C@H]2C[C@H]1O.OCC[NH2+]CCO. The number of unbranched alkanes of at least 4 members (excludes halogenated alkanes) is 2. The molecule has 2 aliphatic carbocycles. The number of quaternary nitrogens is 1. The van der Waals surface area contributed by atoms with E-state index in [-0.39, 0.29) is 37.9 Å². The third-order valence-corrected chi connectivity index (χ3v) is 7.34. The van der Waals surface area contributed by atoms with Gasteiger partial charge in [-0.2, -0.15) is 0 Å². The van der Waals surface area contributed by atoms with Gasteiger partial charge >= 0.3 is 5.97 Å². The molecule has 0 aliphatic heterocycles. The van der Waals surface area contributed by atoms with Gasteiger partial charge in [0.25, 0.3) is 0 Å². The second-order valence-corrected chi connectivity index (χ2v) is 9.92. The number of nitrogens with two attached hydrogens (primary N) is 1. The van der Waals surface area contributed by atoms with Crippen molar-refractivity contribution in [3.8, 4) is 5.75 Å². The van der Waals surface area contributed by atoms with Crippen LogP contribution in [0.3, 0.4) is 0 Å². The van der Waals surface area contributed by atoms with Gasteiger partial charge in [-0.1, -0.05) is 38.3 Å². The summed E-state index contributed by atoms with van der Waals surface area (Å²) in [6, 6.07) is 5.87. The number of hydrogen-bond donors (Lipinski definition) is 6. The van der Waals surface area contributed by atoms with Crippen molar-refractivity contribution in [3.05, 3.63) is 29.3 Å². The molecule has 3 rings (SSSR count). The lowest BCUT2D eigenvalue weighted by atomic mass is 9.73. The summed E-state index contributed by atoms with van der Waals surface area (Å²) in [5, 5.41) is 48.1. The van der Waals surface area contributed by atoms with Gasteiger partial charge in [-0.05, 0) is 73.5 Å². The fraction of sp³-hybridized carbons (Fsp3) is 0.741. The average molecular weight is 497 g/mol. The molecule has 200 valence electrons. The zero-order valence-corrected chi connectivity index (χ0v) is 21.1. The van der Waals surface area contributed by atoms with E-state index in [9.17, 15) is 15.0 Å². The Morgan fingerprint density at radius 2 is 1.89 bits per heavy atom. The van der Waals surface area contributed by atoms with E-state index in [0.29, 0.717) is 30.7 Å². The number of benzene rings is 1. The number of aliphatic hydroxyl groups is 4. The first-order chi connectivity index (χ1) is 16.9. The van der Waals surface area contributed by atoms with Crippen molar-refractivity contribution in [3.63, 3.8) is 0 Å². The van der Waals surface area contributed by atoms with Gasteiger partial charge in [0.05, 0.1) is 38.5 Å². The van der Waals surface area contributed by atoms with E-state index in [2.05, 4.69) is 13.0 Å². The molecule has 0 aromatic heterocycles. The predicted octanol–water partition coefficient (Wildman–Crippen LogP) is 1.12. The molecule has 1 aromatic carbocycles. The van der Waals surface area contributed by atoms with Crippen molar-refractivity contribution in [2.45, 2.75) is 76.9 Å². The summed E-state index contributed by atoms with van der Waals surface area (Å²) in [6.45, 7) is 3.62. The van der Waals surface area contributed by atoms with Crippen LogP contribution >= 0.6 is 0 Å². The second kappa shape index (κ2) is 16.1. The lowest BCUT2D eigenvalue weighted by Crippen LogP contribution is -2.85. The highest BCUT2D eigenvalue weighted by molar-refractivity contribution is 5.68. The smallest absolute Gasteiger partial charge is 0.341 e. The van der Waals surface area contributed by atoms with E-state index < -0.39 is 5.97 Å². The quantitative estimate of drug-likeness (QED) is 0.212. The van der Waals surface area contributed by atoms with E-state index in [1.165, 1.54) is 5.56 Å². The lowest BCUT2D eigenvalue weighted by molar-refractivity contribution is -0.657. The van der Waals surface area contributed by atoms with Gasteiger partial charge in [-0.25, -0.2) is 4.79 Å². The first-order valence-electron chi connectivity index (χ1n) is 13.3. The van der Waals surface area contributed by atoms with E-state index in [1.54, 1.807) is 0 Å². The number of aliphatic hydroxyl groups excluding tert-OH is 4. The Balaban J connectivity index is 0.000000540. The normalized spacial score (nSPS) is 23.6. The van der Waals surface area contributed by atoms with Gasteiger partial charge < -0.3 is 35.6 Å². The van der Waals surface area contributed by atoms with Crippen LogP contribution in [0.4, 0.5) is 0 Å². The molecule has 0 unspecified atom stereocenters. The first-order valence-corrected chi connectivity index (χ1v) is 13.3. The number of ether oxygens (including phenoxy) is 1. The predicted molar refractivity (Wildman–Crippen MR) is 133 cm³/mol. The van der Waals surface area contributed by atoms with E-state index in [1.807, 2.05) is 17.4 Å². The molecule has 0 bridgehead atoms. The molecule has 0 heterocycles. The summed E-state index contributed by atoms with van der Waals surface area (Å²) in [4.78, 5) is 10.8. The molecule has 0 spiro atoms. The number of hydrogen-bond acceptors (Lipinski definition) is 6. The van der Waals surface area contributed by atoms with Crippen LogP contribution in [0.15, 0.2) is 18.2 Å². The molecule has 1 saturated carbocycles. The molecule has 5 atom stereocenters. The van der Waals surface area contributed by atoms with Crippen molar-refractivity contribution in [1.82, 2.24) is 0 Å². The lowest BCUT2D eigenvalue weighted by Gasteiger charge is -2.32. The van der Waals surface area contributed by atoms with Crippen molar-refractivity contribution in [2.75, 3.05) is 32.9 Å². The van der Waals surface area contributed by atoms with Crippen LogP contribution in [0.1, 0.15) is 63.0 Å². The Labute approximate surface area is 209 Å². The monoisotopic (exact) mass is 496 g/mol. The van der Waals surface area contributed by atoms with Crippen molar-refractivity contribution >= 4 is 5.97 Å². The highest BCUT2D eigenvalue weighted by atomic mass is 16.5. The Morgan fingerprint density at radius 3 is 2.54 bits per heavy atom. The van der Waals surface area contributed by atoms with E-state index >= 15 is 0 Å². The number of carboxylic acids is 1. The molecule has 0 amide bonds. The molecular weight excluding hydrogens is 450 g/mol. The molecule has 7 N–H and O–H groups in total. The van der Waals surface area contributed by atoms with Crippen LogP contribution in [0, 0.1) is 17.8 Å². The Morgan fingerprint density at radius 1 is 1.14 bits per heavy atom. The maximum absolute atomic E-state index is 10.8. The van der Waals surface area contributed by atoms with Gasteiger partial charge in [0, 0.05) is 0 Å². The topological polar surface area (TPSA) is 144 Å². The highest BCUT2D eigenvalue weighted by Gasteiger charge is 2.44. The van der Waals surface area contributed by atoms with Gasteiger partial charge in [0.2, 0.25) is 0 Å². The van der Waals surface area contributed by atoms with Gasteiger partial charge in [-0.3, -0.25) is 0 Å². The number of carbonyl (C=O) groups is 1. The Bertz CT molecular complexity index is 740. The third-order valence-electron chi connectivity index (χ3n) is 7.34. The molecule has 8 heteroatoms. The minimum absolute atomic E-state index is 0.194. The standard InChI is InChI=1S/C23H34O5.C4H11NO2/c1-2-3-4-7-17(24)9-10-18-19-11-15-6-5-8-22(28-14-23(26)27)20(15)12-16(19)13-21(18)25;6-3-1-5-2-4-7/h5-6,8,16-19,21,24-25H,2-4,7,9-14H2,1H3,(H,26,27);5-7H,1-4H2/p+1/t16-,17-,18+,19-,21+;/m0./s1. The zero-order chi connectivity index (χ0) is 25.6. The maximum Gasteiger partial charge on any atom is 0.341 e. The number of carboxylic acid groups (broad SMARTS) is 1. The number of fused-ring (bicyclic) bond motifs is 2. The van der Waals surface area contributed by atoms with Crippen LogP contribution in [-0.2, 0) is 17.6 Å². The minimum Gasteiger partial charge on any atom is -0.482 e. The molecule has 0 radical (unpaired) electrons. The van der Waals surface area contributed by atoms with Crippen molar-refractivity contribution < 1.29 is 40.4 Å². The minimum atomic E-state index is -0.972. The van der Waals surface area contributed by atoms with Crippen molar-refractivity contribution in [1.29, 1.82) is 0 Å². The van der Waals surface area contributed by atoms with Gasteiger partial charge in [0.15, 0.2) is 6.61 Å². The van der Waals surface area contributed by atoms with Gasteiger partial charge in [-0.15, -0.1) is 0 Å². The largest absolute Gasteiger partial charge is 0.482 e. The summed E-state index contributed by atoms with van der Waals surface area (Å²) in [7, 11) is 0. The Kier molecular flexibility index (Phi) is 13.6. The molecule has 2 aliphatic rings. The third kappa shape index (κ3) is 9.69. The number of rotatable bonds is 14. The fourth-order valence-electron chi connectivity index (χ4n) is 5.56. The van der Waals surface area contributed by atoms with E-state index in [0.717, 1.165) is 63.4 Å². The van der Waals surface area contributed by atoms with Crippen LogP contribution in [-0.4, -0.2) is 76.6 Å². The first kappa shape index (κ1) is 29.5. The van der Waals surface area contributed by atoms with Crippen LogP contribution in [0.25, 0.3) is 0 Å². The van der Waals surface area contributed by atoms with Crippen molar-refractivity contribution in [2.24, 2.45) is 17.8 Å². The number of aliphatic carboxylic acids is 1. The summed E-state index contributed by atoms with van der Waals surface area (Å²) < 4.78 is 5.50.